The van der Waals surface area contributed by atoms with Gasteiger partial charge in [0, 0.05) is 37.3 Å². The Morgan fingerprint density at radius 2 is 2.00 bits per heavy atom. The van der Waals surface area contributed by atoms with Gasteiger partial charge in [-0.05, 0) is 62.8 Å². The molecule has 0 radical (unpaired) electrons. The predicted octanol–water partition coefficient (Wildman–Crippen LogP) is 2.67. The van der Waals surface area contributed by atoms with E-state index in [1.165, 1.54) is 38.4 Å². The Kier molecular flexibility index (Phi) is 5.60. The summed E-state index contributed by atoms with van der Waals surface area (Å²) in [4.78, 5) is 11.3. The van der Waals surface area contributed by atoms with E-state index in [-0.39, 0.29) is 12.1 Å². The van der Waals surface area contributed by atoms with Crippen LogP contribution in [0.3, 0.4) is 0 Å². The van der Waals surface area contributed by atoms with Crippen molar-refractivity contribution in [3.63, 3.8) is 0 Å². The molecule has 0 spiro atoms. The summed E-state index contributed by atoms with van der Waals surface area (Å²) in [6.07, 6.45) is 13.1. The zero-order valence-electron chi connectivity index (χ0n) is 18.2. The van der Waals surface area contributed by atoms with Gasteiger partial charge in [-0.3, -0.25) is 10.3 Å². The lowest BCUT2D eigenvalue weighted by Gasteiger charge is -2.50. The van der Waals surface area contributed by atoms with E-state index < -0.39 is 0 Å². The molecule has 3 saturated carbocycles. The number of hydrogen-bond acceptors (Lipinski definition) is 6. The van der Waals surface area contributed by atoms with E-state index in [0.29, 0.717) is 35.6 Å². The minimum atomic E-state index is -0.280. The van der Waals surface area contributed by atoms with Crippen LogP contribution in [0.25, 0.3) is 11.0 Å². The van der Waals surface area contributed by atoms with Gasteiger partial charge in [0.2, 0.25) is 0 Å². The van der Waals surface area contributed by atoms with E-state index in [1.54, 1.807) is 0 Å². The number of aliphatic hydroxyl groups excluding tert-OH is 1. The average molecular weight is 426 g/mol. The van der Waals surface area contributed by atoms with Crippen LogP contribution in [-0.4, -0.2) is 55.1 Å². The van der Waals surface area contributed by atoms with E-state index in [0.717, 1.165) is 43.3 Å². The number of hydrogen-bond donors (Lipinski definition) is 4. The van der Waals surface area contributed by atoms with Crippen molar-refractivity contribution in [2.24, 2.45) is 17.6 Å². The summed E-state index contributed by atoms with van der Waals surface area (Å²) in [5.41, 5.74) is 12.4. The number of amidine groups is 1. The van der Waals surface area contributed by atoms with Gasteiger partial charge in [-0.2, -0.15) is 0 Å². The fraction of sp³-hybridized carbons (Fsp3) is 0.696. The van der Waals surface area contributed by atoms with E-state index in [1.807, 2.05) is 12.3 Å². The summed E-state index contributed by atoms with van der Waals surface area (Å²) in [6, 6.07) is 3.55. The highest BCUT2D eigenvalue weighted by Crippen LogP contribution is 2.43. The summed E-state index contributed by atoms with van der Waals surface area (Å²) in [6.45, 7) is 0.989. The number of nitrogens with zero attached hydrogens (tertiary/aromatic N) is 4. The molecule has 0 amide bonds. The lowest BCUT2D eigenvalue weighted by molar-refractivity contribution is -0.0146. The number of aliphatic hydroxyl groups is 1. The zero-order chi connectivity index (χ0) is 21.5. The van der Waals surface area contributed by atoms with Crippen molar-refractivity contribution in [1.29, 1.82) is 5.41 Å². The van der Waals surface area contributed by atoms with E-state index in [2.05, 4.69) is 19.4 Å². The maximum atomic E-state index is 10.9. The van der Waals surface area contributed by atoms with Crippen molar-refractivity contribution >= 4 is 22.7 Å². The molecule has 2 aromatic heterocycles. The molecule has 3 aliphatic rings. The molecule has 0 aliphatic heterocycles. The number of nitrogens with two attached hydrogens (primary N) is 2. The molecule has 3 fully saturated rings. The smallest absolute Gasteiger partial charge is 0.145 e. The molecule has 168 valence electrons. The molecule has 5 rings (SSSR count). The second-order valence-electron chi connectivity index (χ2n) is 10.0. The Morgan fingerprint density at radius 1 is 1.19 bits per heavy atom. The Balaban J connectivity index is 1.24. The third kappa shape index (κ3) is 4.03. The molecule has 0 aromatic carbocycles. The summed E-state index contributed by atoms with van der Waals surface area (Å²) >= 11 is 0. The van der Waals surface area contributed by atoms with E-state index >= 15 is 0 Å². The van der Waals surface area contributed by atoms with Crippen LogP contribution < -0.4 is 11.5 Å². The van der Waals surface area contributed by atoms with Crippen molar-refractivity contribution in [3.8, 4) is 0 Å². The molecule has 2 heterocycles. The van der Waals surface area contributed by atoms with Gasteiger partial charge in [-0.1, -0.05) is 6.42 Å². The molecule has 8 heteroatoms. The lowest BCUT2D eigenvalue weighted by atomic mass is 9.74. The summed E-state index contributed by atoms with van der Waals surface area (Å²) in [5, 5.41) is 19.3. The molecule has 8 nitrogen and oxygen atoms in total. The van der Waals surface area contributed by atoms with Gasteiger partial charge in [0.05, 0.1) is 17.3 Å². The van der Waals surface area contributed by atoms with Crippen molar-refractivity contribution in [1.82, 2.24) is 19.4 Å². The highest BCUT2D eigenvalue weighted by molar-refractivity contribution is 5.86. The van der Waals surface area contributed by atoms with Crippen LogP contribution in [0.5, 0.6) is 0 Å². The molecule has 3 aliphatic carbocycles. The molecule has 6 N–H and O–H groups in total. The first kappa shape index (κ1) is 20.7. The van der Waals surface area contributed by atoms with Gasteiger partial charge >= 0.3 is 0 Å². The number of aromatic nitrogens is 3. The van der Waals surface area contributed by atoms with Gasteiger partial charge in [-0.15, -0.1) is 0 Å². The third-order valence-electron chi connectivity index (χ3n) is 8.06. The van der Waals surface area contributed by atoms with Crippen molar-refractivity contribution in [2.75, 3.05) is 12.3 Å². The Hall–Kier alpha value is -2.19. The maximum Gasteiger partial charge on any atom is 0.145 e. The van der Waals surface area contributed by atoms with Crippen LogP contribution in [0.4, 0.5) is 5.82 Å². The highest BCUT2D eigenvalue weighted by Gasteiger charge is 2.42. The highest BCUT2D eigenvalue weighted by atomic mass is 16.3. The first-order valence-corrected chi connectivity index (χ1v) is 11.8. The Morgan fingerprint density at radius 3 is 2.71 bits per heavy atom. The zero-order valence-corrected chi connectivity index (χ0v) is 18.2. The molecule has 3 atom stereocenters. The van der Waals surface area contributed by atoms with Gasteiger partial charge in [0.15, 0.2) is 0 Å². The van der Waals surface area contributed by atoms with Gasteiger partial charge in [0.25, 0.3) is 0 Å². The van der Waals surface area contributed by atoms with Crippen molar-refractivity contribution in [3.05, 3.63) is 18.6 Å². The summed E-state index contributed by atoms with van der Waals surface area (Å²) < 4.78 is 2.19. The average Bonchev–Trinajstić information content (AvgIpc) is 3.23. The number of anilines is 1. The summed E-state index contributed by atoms with van der Waals surface area (Å²) in [5.74, 6) is 1.82. The third-order valence-corrected chi connectivity index (χ3v) is 8.06. The van der Waals surface area contributed by atoms with Crippen molar-refractivity contribution in [2.45, 2.75) is 82.0 Å². The van der Waals surface area contributed by atoms with Crippen LogP contribution >= 0.6 is 0 Å². The molecule has 0 bridgehead atoms. The van der Waals surface area contributed by atoms with Crippen LogP contribution in [0.2, 0.25) is 0 Å². The predicted molar refractivity (Wildman–Crippen MR) is 122 cm³/mol. The molecule has 31 heavy (non-hydrogen) atoms. The van der Waals surface area contributed by atoms with Crippen LogP contribution in [0.15, 0.2) is 18.6 Å². The minimum Gasteiger partial charge on any atom is -0.393 e. The molecule has 0 unspecified atom stereocenters. The van der Waals surface area contributed by atoms with Gasteiger partial charge < -0.3 is 21.1 Å². The van der Waals surface area contributed by atoms with E-state index in [9.17, 15) is 5.11 Å². The van der Waals surface area contributed by atoms with Crippen LogP contribution in [0, 0.1) is 17.2 Å². The number of rotatable bonds is 8. The second-order valence-corrected chi connectivity index (χ2v) is 10.0. The largest absolute Gasteiger partial charge is 0.393 e. The fourth-order valence-electron chi connectivity index (χ4n) is 5.93. The molecular weight excluding hydrogens is 390 g/mol. The van der Waals surface area contributed by atoms with E-state index in [4.69, 9.17) is 16.9 Å². The Labute approximate surface area is 183 Å². The second kappa shape index (κ2) is 8.39. The van der Waals surface area contributed by atoms with Crippen molar-refractivity contribution < 1.29 is 5.11 Å². The normalized spacial score (nSPS) is 31.1. The number of nitrogen functional groups attached to an aromatic ring is 1. The Bertz CT molecular complexity index is 933. The molecular formula is C23H35N7O. The first-order valence-electron chi connectivity index (χ1n) is 11.8. The fourth-order valence-corrected chi connectivity index (χ4v) is 5.93. The minimum absolute atomic E-state index is 0.250. The number of fused-ring (bicyclic) bond motifs is 1. The monoisotopic (exact) mass is 425 g/mol. The van der Waals surface area contributed by atoms with Crippen LogP contribution in [0.1, 0.15) is 63.8 Å². The quantitative estimate of drug-likeness (QED) is 0.380. The summed E-state index contributed by atoms with van der Waals surface area (Å²) in [7, 11) is 0. The van der Waals surface area contributed by atoms with Gasteiger partial charge in [-0.25, -0.2) is 9.97 Å². The molecule has 2 aromatic rings. The lowest BCUT2D eigenvalue weighted by Crippen LogP contribution is -2.54. The topological polar surface area (TPSA) is 130 Å². The van der Waals surface area contributed by atoms with Crippen LogP contribution in [-0.2, 0) is 0 Å². The first-order chi connectivity index (χ1) is 15.0. The number of nitrogens with one attached hydrogen (secondary N) is 1. The SMILES string of the molecule is N=C(N)CCC1CC(N(C[C@H]2C[C@@H](n3ccc4c(N)ncnc43)C[C@@H]2O)C2CCC2)C1. The standard InChI is InChI=1S/C23H35N7O/c24-21(25)5-4-14-8-17(9-14)30(16-2-1-3-16)12-15-10-18(11-20(15)31)29-7-6-19-22(26)27-13-28-23(19)29/h6-7,13-18,20,31H,1-5,8-12H2,(H3,24,25)(H2,26,27,28)/t14?,15-,17?,18-,20+/m1/s1. The molecule has 0 saturated heterocycles. The van der Waals surface area contributed by atoms with Gasteiger partial charge in [0.1, 0.15) is 17.8 Å². The maximum absolute atomic E-state index is 10.9.